The molecule has 0 bridgehead atoms. The number of carbonyl (C=O) groups excluding carboxylic acids is 2. The minimum Gasteiger partial charge on any atom is -0.361 e. The Bertz CT molecular complexity index is 1070. The second kappa shape index (κ2) is 12.1. The number of likely N-dealkylation sites (tertiary alicyclic amines) is 1. The topological polar surface area (TPSA) is 43.9 Å². The highest BCUT2D eigenvalue weighted by Crippen LogP contribution is 2.40. The lowest BCUT2D eigenvalue weighted by Gasteiger charge is -2.34. The lowest BCUT2D eigenvalue weighted by atomic mass is 9.88. The van der Waals surface area contributed by atoms with Crippen LogP contribution < -0.4 is 4.90 Å². The van der Waals surface area contributed by atoms with Crippen LogP contribution in [0.15, 0.2) is 42.5 Å². The van der Waals surface area contributed by atoms with Gasteiger partial charge in [-0.3, -0.25) is 9.59 Å². The first-order valence-corrected chi connectivity index (χ1v) is 13.7. The molecule has 194 valence electrons. The molecule has 2 amide bonds. The van der Waals surface area contributed by atoms with Crippen LogP contribution in [0.4, 0.5) is 10.1 Å². The van der Waals surface area contributed by atoms with E-state index in [1.807, 2.05) is 45.0 Å². The molecule has 36 heavy (non-hydrogen) atoms. The zero-order valence-corrected chi connectivity index (χ0v) is 22.1. The van der Waals surface area contributed by atoms with Crippen molar-refractivity contribution >= 4 is 29.1 Å². The first kappa shape index (κ1) is 26.5. The Morgan fingerprint density at radius 3 is 2.47 bits per heavy atom. The van der Waals surface area contributed by atoms with Crippen molar-refractivity contribution in [3.05, 3.63) is 64.4 Å². The molecule has 2 aromatic carbocycles. The number of piperidine rings is 1. The lowest BCUT2D eigenvalue weighted by molar-refractivity contribution is -0.134. The molecule has 1 atom stereocenters. The van der Waals surface area contributed by atoms with Gasteiger partial charge in [0.2, 0.25) is 11.8 Å². The molecule has 4 rings (SSSR count). The summed E-state index contributed by atoms with van der Waals surface area (Å²) in [5.74, 6) is -0.191. The number of hydrogen-bond acceptors (Lipinski definition) is 3. The van der Waals surface area contributed by atoms with Crippen LogP contribution in [0.5, 0.6) is 0 Å². The summed E-state index contributed by atoms with van der Waals surface area (Å²) >= 11 is 6.32. The summed E-state index contributed by atoms with van der Waals surface area (Å²) in [5.41, 5.74) is 2.56. The van der Waals surface area contributed by atoms with Crippen molar-refractivity contribution in [1.82, 2.24) is 9.80 Å². The van der Waals surface area contributed by atoms with E-state index >= 15 is 0 Å². The predicted octanol–water partition coefficient (Wildman–Crippen LogP) is 5.83. The average molecular weight is 514 g/mol. The van der Waals surface area contributed by atoms with Crippen molar-refractivity contribution in [2.75, 3.05) is 44.2 Å². The number of amides is 2. The maximum Gasteiger partial charge on any atom is 0.242 e. The largest absolute Gasteiger partial charge is 0.361 e. The molecule has 2 aromatic rings. The van der Waals surface area contributed by atoms with E-state index in [1.54, 1.807) is 6.07 Å². The number of hydrogen-bond donors (Lipinski definition) is 0. The summed E-state index contributed by atoms with van der Waals surface area (Å²) in [7, 11) is 0. The van der Waals surface area contributed by atoms with E-state index in [0.29, 0.717) is 24.7 Å². The van der Waals surface area contributed by atoms with E-state index in [9.17, 15) is 14.0 Å². The Labute approximate surface area is 219 Å². The molecule has 0 N–H and O–H groups in total. The van der Waals surface area contributed by atoms with Gasteiger partial charge >= 0.3 is 0 Å². The van der Waals surface area contributed by atoms with Crippen LogP contribution in [-0.2, 0) is 9.59 Å². The molecule has 0 radical (unpaired) electrons. The Balaban J connectivity index is 1.45. The quantitative estimate of drug-likeness (QED) is 0.424. The predicted molar refractivity (Wildman–Crippen MR) is 143 cm³/mol. The number of benzene rings is 2. The van der Waals surface area contributed by atoms with E-state index in [1.165, 1.54) is 6.07 Å². The number of anilines is 1. The van der Waals surface area contributed by atoms with Crippen LogP contribution in [0.2, 0.25) is 5.02 Å². The number of fused-ring (bicyclic) bond motifs is 1. The van der Waals surface area contributed by atoms with Gasteiger partial charge in [0.1, 0.15) is 5.82 Å². The summed E-state index contributed by atoms with van der Waals surface area (Å²) < 4.78 is 14.3. The van der Waals surface area contributed by atoms with Gasteiger partial charge in [-0.15, -0.1) is 0 Å². The number of nitrogens with zero attached hydrogens (tertiary/aromatic N) is 3. The van der Waals surface area contributed by atoms with E-state index < -0.39 is 0 Å². The van der Waals surface area contributed by atoms with Crippen molar-refractivity contribution < 1.29 is 14.0 Å². The minimum absolute atomic E-state index is 0.0805. The Morgan fingerprint density at radius 2 is 1.78 bits per heavy atom. The van der Waals surface area contributed by atoms with Crippen LogP contribution in [0.3, 0.4) is 0 Å². The normalized spacial score (nSPS) is 17.8. The fourth-order valence-corrected chi connectivity index (χ4v) is 5.71. The molecule has 7 heteroatoms. The maximum atomic E-state index is 14.3. The molecule has 2 aliphatic heterocycles. The van der Waals surface area contributed by atoms with Crippen molar-refractivity contribution in [1.29, 1.82) is 0 Å². The molecule has 0 spiro atoms. The van der Waals surface area contributed by atoms with Crippen LogP contribution in [-0.4, -0.2) is 60.9 Å². The Morgan fingerprint density at radius 1 is 1.03 bits per heavy atom. The molecule has 2 aliphatic rings. The van der Waals surface area contributed by atoms with E-state index in [2.05, 4.69) is 13.8 Å². The molecule has 1 unspecified atom stereocenters. The van der Waals surface area contributed by atoms with Crippen molar-refractivity contribution in [2.24, 2.45) is 0 Å². The monoisotopic (exact) mass is 513 g/mol. The Kier molecular flexibility index (Phi) is 8.89. The fraction of sp³-hybridized carbons (Fsp3) is 0.517. The second-order valence-electron chi connectivity index (χ2n) is 9.99. The van der Waals surface area contributed by atoms with Crippen LogP contribution in [0.25, 0.3) is 0 Å². The average Bonchev–Trinajstić information content (AvgIpc) is 3.23. The standard InChI is InChI=1S/C29H37ClFN3O2/c1-3-5-15-32(14-4-2)28(35)20-34-19-25(24-11-10-22(30)18-27(24)34)29(36)33-16-12-21(13-17-33)23-8-6-7-9-26(23)31/h6-11,18,21,25H,3-5,12-17,19-20H2,1-2H3. The summed E-state index contributed by atoms with van der Waals surface area (Å²) in [6.45, 7) is 7.66. The van der Waals surface area contributed by atoms with Crippen LogP contribution in [0, 0.1) is 5.82 Å². The number of carbonyl (C=O) groups is 2. The summed E-state index contributed by atoms with van der Waals surface area (Å²) in [4.78, 5) is 32.7. The van der Waals surface area contributed by atoms with Gasteiger partial charge in [0.15, 0.2) is 0 Å². The van der Waals surface area contributed by atoms with Crippen LogP contribution >= 0.6 is 11.6 Å². The molecule has 5 nitrogen and oxygen atoms in total. The van der Waals surface area contributed by atoms with Crippen molar-refractivity contribution in [2.45, 2.75) is 57.8 Å². The first-order valence-electron chi connectivity index (χ1n) is 13.3. The highest BCUT2D eigenvalue weighted by atomic mass is 35.5. The summed E-state index contributed by atoms with van der Waals surface area (Å²) in [6, 6.07) is 12.6. The smallest absolute Gasteiger partial charge is 0.242 e. The lowest BCUT2D eigenvalue weighted by Crippen LogP contribution is -2.43. The van der Waals surface area contributed by atoms with Crippen molar-refractivity contribution in [3.8, 4) is 0 Å². The third-order valence-electron chi connectivity index (χ3n) is 7.52. The minimum atomic E-state index is -0.328. The molecular weight excluding hydrogens is 477 g/mol. The SMILES string of the molecule is CCCCN(CCC)C(=O)CN1CC(C(=O)N2CCC(c3ccccc3F)CC2)c2ccc(Cl)cc21. The molecular formula is C29H37ClFN3O2. The summed E-state index contributed by atoms with van der Waals surface area (Å²) in [6.07, 6.45) is 4.44. The van der Waals surface area contributed by atoms with Gasteiger partial charge in [-0.25, -0.2) is 4.39 Å². The second-order valence-corrected chi connectivity index (χ2v) is 10.4. The molecule has 1 saturated heterocycles. The van der Waals surface area contributed by atoms with Crippen molar-refractivity contribution in [3.63, 3.8) is 0 Å². The molecule has 1 fully saturated rings. The highest BCUT2D eigenvalue weighted by molar-refractivity contribution is 6.31. The summed E-state index contributed by atoms with van der Waals surface area (Å²) in [5, 5.41) is 0.599. The van der Waals surface area contributed by atoms with Gasteiger partial charge in [0.05, 0.1) is 12.5 Å². The fourth-order valence-electron chi connectivity index (χ4n) is 5.54. The molecule has 0 aliphatic carbocycles. The maximum absolute atomic E-state index is 14.3. The Hall–Kier alpha value is -2.60. The number of halogens is 2. The van der Waals surface area contributed by atoms with E-state index in [4.69, 9.17) is 11.6 Å². The third-order valence-corrected chi connectivity index (χ3v) is 7.75. The number of rotatable bonds is 9. The zero-order chi connectivity index (χ0) is 25.7. The molecule has 2 heterocycles. The van der Waals surface area contributed by atoms with Gasteiger partial charge in [-0.1, -0.05) is 56.1 Å². The molecule has 0 aromatic heterocycles. The number of unbranched alkanes of at least 4 members (excludes halogenated alkanes) is 1. The third kappa shape index (κ3) is 5.86. The zero-order valence-electron chi connectivity index (χ0n) is 21.4. The molecule has 0 saturated carbocycles. The van der Waals surface area contributed by atoms with Gasteiger partial charge in [-0.2, -0.15) is 0 Å². The van der Waals surface area contributed by atoms with Crippen LogP contribution in [0.1, 0.15) is 68.9 Å². The van der Waals surface area contributed by atoms with E-state index in [0.717, 1.165) is 62.0 Å². The highest BCUT2D eigenvalue weighted by Gasteiger charge is 2.38. The van der Waals surface area contributed by atoms with Gasteiger partial charge in [-0.05, 0) is 60.9 Å². The van der Waals surface area contributed by atoms with E-state index in [-0.39, 0.29) is 36.0 Å². The first-order chi connectivity index (χ1) is 17.4. The van der Waals surface area contributed by atoms with Gasteiger partial charge in [0, 0.05) is 43.4 Å². The van der Waals surface area contributed by atoms with Gasteiger partial charge < -0.3 is 14.7 Å². The van der Waals surface area contributed by atoms with Gasteiger partial charge in [0.25, 0.3) is 0 Å².